The molecular weight excluding hydrogens is 475 g/mol. The number of nitrogens with zero attached hydrogens (tertiary/aromatic N) is 3. The van der Waals surface area contributed by atoms with E-state index in [-0.39, 0.29) is 18.6 Å². The van der Waals surface area contributed by atoms with E-state index in [2.05, 4.69) is 21.3 Å². The van der Waals surface area contributed by atoms with Gasteiger partial charge >= 0.3 is 19.5 Å². The molecule has 15 heteroatoms. The van der Waals surface area contributed by atoms with Crippen molar-refractivity contribution in [3.05, 3.63) is 32.6 Å². The van der Waals surface area contributed by atoms with Crippen LogP contribution in [-0.2, 0) is 23.4 Å². The maximum atomic E-state index is 12.3. The first-order valence-corrected chi connectivity index (χ1v) is 11.9. The summed E-state index contributed by atoms with van der Waals surface area (Å²) in [5.41, 5.74) is -1.67. The number of esters is 1. The zero-order valence-corrected chi connectivity index (χ0v) is 19.5. The third-order valence-corrected chi connectivity index (χ3v) is 6.01. The average Bonchev–Trinajstić information content (AvgIpc) is 3.12. The van der Waals surface area contributed by atoms with Gasteiger partial charge in [0.25, 0.3) is 5.56 Å². The molecule has 0 aromatic carbocycles. The summed E-state index contributed by atoms with van der Waals surface area (Å²) in [7, 11) is -1.02. The van der Waals surface area contributed by atoms with Crippen LogP contribution in [0.1, 0.15) is 18.2 Å². The first kappa shape index (κ1) is 26.3. The van der Waals surface area contributed by atoms with E-state index in [1.807, 2.05) is 23.9 Å². The lowest BCUT2D eigenvalue weighted by Crippen LogP contribution is -2.54. The Balaban J connectivity index is 1.65. The fourth-order valence-electron chi connectivity index (χ4n) is 3.59. The monoisotopic (exact) mass is 502 g/mol. The highest BCUT2D eigenvalue weighted by Crippen LogP contribution is 2.38. The van der Waals surface area contributed by atoms with Crippen molar-refractivity contribution < 1.29 is 38.3 Å². The van der Waals surface area contributed by atoms with Gasteiger partial charge in [0.1, 0.15) is 23.9 Å². The van der Waals surface area contributed by atoms with Gasteiger partial charge in [0.15, 0.2) is 6.61 Å². The molecule has 14 nitrogen and oxygen atoms in total. The molecule has 0 bridgehead atoms. The normalized spacial score (nSPS) is 26.1. The molecule has 34 heavy (non-hydrogen) atoms. The Kier molecular flexibility index (Phi) is 8.45. The third-order valence-electron chi connectivity index (χ3n) is 5.52. The number of aliphatic hydroxyl groups excluding tert-OH is 1. The van der Waals surface area contributed by atoms with Gasteiger partial charge in [-0.2, -0.15) is 0 Å². The molecule has 1 aromatic heterocycles. The molecule has 2 aliphatic rings. The minimum Gasteiger partial charge on any atom is -0.451 e. The molecule has 0 aliphatic carbocycles. The molecule has 3 heterocycles. The minimum absolute atomic E-state index is 0.0883. The van der Waals surface area contributed by atoms with Gasteiger partial charge in [-0.3, -0.25) is 28.6 Å². The number of aliphatic hydroxyl groups is 1. The average molecular weight is 502 g/mol. The second kappa shape index (κ2) is 10.9. The van der Waals surface area contributed by atoms with E-state index >= 15 is 0 Å². The highest BCUT2D eigenvalue weighted by Gasteiger charge is 2.37. The van der Waals surface area contributed by atoms with Crippen molar-refractivity contribution in [2.75, 3.05) is 46.9 Å². The SMILES string of the molecule is CN1CCN(C)C(C(=O)OCC#Cc2cn([C@H]3CC(O)[C@@H](COP(=O)(O)O)O3)c(=O)[nH]c2=O)C1. The summed E-state index contributed by atoms with van der Waals surface area (Å²) in [5.74, 6) is 4.69. The van der Waals surface area contributed by atoms with Gasteiger partial charge in [0.2, 0.25) is 0 Å². The van der Waals surface area contributed by atoms with Gasteiger partial charge in [-0.05, 0) is 14.1 Å². The number of phosphoric acid groups is 1. The number of aromatic amines is 1. The van der Waals surface area contributed by atoms with Crippen molar-refractivity contribution in [2.45, 2.75) is 30.9 Å². The van der Waals surface area contributed by atoms with Crippen LogP contribution >= 0.6 is 7.82 Å². The first-order chi connectivity index (χ1) is 15.9. The molecule has 2 unspecified atom stereocenters. The summed E-state index contributed by atoms with van der Waals surface area (Å²) in [5, 5.41) is 10.1. The van der Waals surface area contributed by atoms with Crippen LogP contribution in [0.15, 0.2) is 15.8 Å². The van der Waals surface area contributed by atoms with Crippen molar-refractivity contribution in [3.8, 4) is 11.8 Å². The molecule has 4 atom stereocenters. The predicted octanol–water partition coefficient (Wildman–Crippen LogP) is -2.57. The number of rotatable bonds is 6. The number of hydrogen-bond donors (Lipinski definition) is 4. The Bertz CT molecular complexity index is 1120. The van der Waals surface area contributed by atoms with Crippen molar-refractivity contribution >= 4 is 13.8 Å². The second-order valence-electron chi connectivity index (χ2n) is 8.10. The van der Waals surface area contributed by atoms with Gasteiger partial charge in [-0.25, -0.2) is 9.36 Å². The summed E-state index contributed by atoms with van der Waals surface area (Å²) < 4.78 is 26.9. The zero-order valence-electron chi connectivity index (χ0n) is 18.6. The van der Waals surface area contributed by atoms with E-state index in [1.165, 1.54) is 0 Å². The molecule has 1 aromatic rings. The molecule has 3 rings (SSSR count). The lowest BCUT2D eigenvalue weighted by atomic mass is 10.2. The van der Waals surface area contributed by atoms with E-state index in [4.69, 9.17) is 19.3 Å². The Morgan fingerprint density at radius 2 is 2.06 bits per heavy atom. The summed E-state index contributed by atoms with van der Waals surface area (Å²) in [6, 6.07) is -0.417. The van der Waals surface area contributed by atoms with E-state index in [0.717, 1.165) is 23.9 Å². The molecule has 2 saturated heterocycles. The molecular formula is C19H27N4O10P. The number of carbonyl (C=O) groups excluding carboxylic acids is 1. The number of carbonyl (C=O) groups is 1. The molecule has 2 aliphatic heterocycles. The van der Waals surface area contributed by atoms with Crippen molar-refractivity contribution in [3.63, 3.8) is 0 Å². The largest absolute Gasteiger partial charge is 0.469 e. The fraction of sp³-hybridized carbons (Fsp3) is 0.632. The predicted molar refractivity (Wildman–Crippen MR) is 116 cm³/mol. The minimum atomic E-state index is -4.77. The zero-order chi connectivity index (χ0) is 25.0. The quantitative estimate of drug-likeness (QED) is 0.181. The van der Waals surface area contributed by atoms with Crippen LogP contribution in [0.5, 0.6) is 0 Å². The summed E-state index contributed by atoms with van der Waals surface area (Å²) >= 11 is 0. The summed E-state index contributed by atoms with van der Waals surface area (Å²) in [4.78, 5) is 60.3. The number of hydrogen-bond acceptors (Lipinski definition) is 10. The Labute approximate surface area is 194 Å². The number of H-pyrrole nitrogens is 1. The van der Waals surface area contributed by atoms with E-state index < -0.39 is 56.1 Å². The van der Waals surface area contributed by atoms with Gasteiger partial charge < -0.3 is 29.3 Å². The molecule has 4 N–H and O–H groups in total. The van der Waals surface area contributed by atoms with Crippen LogP contribution in [-0.4, -0.2) is 105 Å². The van der Waals surface area contributed by atoms with Gasteiger partial charge in [-0.1, -0.05) is 11.8 Å². The van der Waals surface area contributed by atoms with Crippen molar-refractivity contribution in [1.29, 1.82) is 0 Å². The Morgan fingerprint density at radius 3 is 2.76 bits per heavy atom. The number of piperazine rings is 1. The van der Waals surface area contributed by atoms with Gasteiger partial charge in [0, 0.05) is 32.3 Å². The lowest BCUT2D eigenvalue weighted by molar-refractivity contribution is -0.150. The summed E-state index contributed by atoms with van der Waals surface area (Å²) in [6.07, 6.45) is -2.23. The number of nitrogens with one attached hydrogen (secondary N) is 1. The number of phosphoric ester groups is 1. The third kappa shape index (κ3) is 6.84. The van der Waals surface area contributed by atoms with Crippen LogP contribution in [0.2, 0.25) is 0 Å². The fourth-order valence-corrected chi connectivity index (χ4v) is 3.94. The first-order valence-electron chi connectivity index (χ1n) is 10.4. The number of likely N-dealkylation sites (N-methyl/N-ethyl adjacent to an activating group) is 2. The number of ether oxygens (including phenoxy) is 2. The van der Waals surface area contributed by atoms with Crippen LogP contribution in [0.4, 0.5) is 0 Å². The van der Waals surface area contributed by atoms with E-state index in [0.29, 0.717) is 6.54 Å². The highest BCUT2D eigenvalue weighted by atomic mass is 31.2. The summed E-state index contributed by atoms with van der Waals surface area (Å²) in [6.45, 7) is 1.25. The van der Waals surface area contributed by atoms with Crippen LogP contribution in [0, 0.1) is 11.8 Å². The molecule has 0 radical (unpaired) electrons. The standard InChI is InChI=1S/C19H27N4O10P/c1-21-5-6-22(2)13(10-21)18(26)31-7-3-4-12-9-23(19(27)20-17(12)25)16-8-14(24)15(33-16)11-32-34(28,29)30/h9,13-16,24H,5-8,10-11H2,1-2H3,(H,20,25,27)(H2,28,29,30)/t13?,14?,15-,16-/m1/s1. The van der Waals surface area contributed by atoms with Gasteiger partial charge in [0.05, 0.1) is 12.7 Å². The second-order valence-corrected chi connectivity index (χ2v) is 9.34. The van der Waals surface area contributed by atoms with Crippen LogP contribution < -0.4 is 11.2 Å². The smallest absolute Gasteiger partial charge is 0.451 e. The number of aromatic nitrogens is 2. The Morgan fingerprint density at radius 1 is 1.32 bits per heavy atom. The van der Waals surface area contributed by atoms with Crippen molar-refractivity contribution in [1.82, 2.24) is 19.4 Å². The topological polar surface area (TPSA) is 184 Å². The van der Waals surface area contributed by atoms with E-state index in [9.17, 15) is 24.1 Å². The highest BCUT2D eigenvalue weighted by molar-refractivity contribution is 7.46. The molecule has 0 amide bonds. The van der Waals surface area contributed by atoms with E-state index in [1.54, 1.807) is 0 Å². The van der Waals surface area contributed by atoms with Crippen LogP contribution in [0.25, 0.3) is 0 Å². The molecule has 0 saturated carbocycles. The lowest BCUT2D eigenvalue weighted by Gasteiger charge is -2.35. The molecule has 0 spiro atoms. The van der Waals surface area contributed by atoms with Gasteiger partial charge in [-0.15, -0.1) is 0 Å². The Hall–Kier alpha value is -2.34. The maximum Gasteiger partial charge on any atom is 0.469 e. The molecule has 2 fully saturated rings. The maximum absolute atomic E-state index is 12.3. The molecule has 188 valence electrons. The van der Waals surface area contributed by atoms with Crippen molar-refractivity contribution in [2.24, 2.45) is 0 Å². The van der Waals surface area contributed by atoms with Crippen LogP contribution in [0.3, 0.4) is 0 Å².